The Morgan fingerprint density at radius 1 is 1.64 bits per heavy atom. The van der Waals surface area contributed by atoms with Gasteiger partial charge < -0.3 is 9.84 Å². The van der Waals surface area contributed by atoms with Crippen LogP contribution >= 0.6 is 0 Å². The fourth-order valence-corrected chi connectivity index (χ4v) is 2.10. The Kier molecular flexibility index (Phi) is 1.25. The molecule has 1 saturated heterocycles. The van der Waals surface area contributed by atoms with Crippen molar-refractivity contribution in [2.45, 2.75) is 44.0 Å². The number of epoxide rings is 1. The molecule has 0 aromatic heterocycles. The number of rotatable bonds is 1. The molecule has 1 aliphatic carbocycles. The summed E-state index contributed by atoms with van der Waals surface area (Å²) >= 11 is 0. The van der Waals surface area contributed by atoms with Crippen molar-refractivity contribution in [2.24, 2.45) is 0 Å². The van der Waals surface area contributed by atoms with Crippen LogP contribution in [-0.2, 0) is 4.74 Å². The van der Waals surface area contributed by atoms with E-state index in [4.69, 9.17) is 4.74 Å². The van der Waals surface area contributed by atoms with Gasteiger partial charge in [-0.3, -0.25) is 0 Å². The van der Waals surface area contributed by atoms with Crippen LogP contribution in [0.3, 0.4) is 0 Å². The van der Waals surface area contributed by atoms with Gasteiger partial charge in [0.25, 0.3) is 0 Å². The van der Waals surface area contributed by atoms with E-state index in [2.05, 4.69) is 0 Å². The lowest BCUT2D eigenvalue weighted by Gasteiger charge is -2.24. The maximum Gasteiger partial charge on any atom is 0.124 e. The SMILES string of the molecule is C/C=C/[C@@]1(O)CC[C@@H]2O[C@@]21C. The third kappa shape index (κ3) is 0.741. The minimum absolute atomic E-state index is 0.264. The van der Waals surface area contributed by atoms with Crippen molar-refractivity contribution in [2.75, 3.05) is 0 Å². The number of allylic oxidation sites excluding steroid dienone is 1. The van der Waals surface area contributed by atoms with E-state index < -0.39 is 5.60 Å². The van der Waals surface area contributed by atoms with E-state index >= 15 is 0 Å². The Morgan fingerprint density at radius 3 is 2.73 bits per heavy atom. The van der Waals surface area contributed by atoms with E-state index in [1.54, 1.807) is 0 Å². The zero-order valence-electron chi connectivity index (χ0n) is 7.00. The van der Waals surface area contributed by atoms with Crippen molar-refractivity contribution in [1.29, 1.82) is 0 Å². The van der Waals surface area contributed by atoms with Gasteiger partial charge in [-0.05, 0) is 26.7 Å². The van der Waals surface area contributed by atoms with Gasteiger partial charge in [-0.25, -0.2) is 0 Å². The normalized spacial score (nSPS) is 55.0. The summed E-state index contributed by atoms with van der Waals surface area (Å²) in [5, 5.41) is 10.0. The quantitative estimate of drug-likeness (QED) is 0.455. The summed E-state index contributed by atoms with van der Waals surface area (Å²) in [4.78, 5) is 0. The molecule has 1 N–H and O–H groups in total. The molecule has 2 heteroatoms. The molecule has 1 saturated carbocycles. The van der Waals surface area contributed by atoms with Gasteiger partial charge in [0.15, 0.2) is 0 Å². The second kappa shape index (κ2) is 1.87. The van der Waals surface area contributed by atoms with Crippen molar-refractivity contribution >= 4 is 0 Å². The maximum atomic E-state index is 10.0. The standard InChI is InChI=1S/C9H14O2/c1-3-5-9(10)6-4-7-8(9,2)11-7/h3,5,7,10H,4,6H2,1-2H3/b5-3+/t7-,8-,9+/m0/s1. The lowest BCUT2D eigenvalue weighted by Crippen LogP contribution is -2.38. The number of fused-ring (bicyclic) bond motifs is 1. The van der Waals surface area contributed by atoms with Crippen LogP contribution in [0.1, 0.15) is 26.7 Å². The van der Waals surface area contributed by atoms with Crippen LogP contribution in [0.5, 0.6) is 0 Å². The van der Waals surface area contributed by atoms with Crippen LogP contribution in [0.2, 0.25) is 0 Å². The molecule has 11 heavy (non-hydrogen) atoms. The summed E-state index contributed by atoms with van der Waals surface area (Å²) in [5.41, 5.74) is -0.952. The highest BCUT2D eigenvalue weighted by molar-refractivity contribution is 5.25. The summed E-state index contributed by atoms with van der Waals surface area (Å²) in [6, 6.07) is 0. The van der Waals surface area contributed by atoms with E-state index in [9.17, 15) is 5.11 Å². The first-order valence-electron chi connectivity index (χ1n) is 4.16. The minimum atomic E-state index is -0.688. The van der Waals surface area contributed by atoms with Crippen molar-refractivity contribution in [3.63, 3.8) is 0 Å². The molecule has 0 radical (unpaired) electrons. The van der Waals surface area contributed by atoms with Gasteiger partial charge in [0.1, 0.15) is 11.2 Å². The summed E-state index contributed by atoms with van der Waals surface area (Å²) in [7, 11) is 0. The van der Waals surface area contributed by atoms with Crippen LogP contribution < -0.4 is 0 Å². The highest BCUT2D eigenvalue weighted by Gasteiger charge is 2.68. The smallest absolute Gasteiger partial charge is 0.124 e. The molecule has 0 aromatic carbocycles. The molecule has 2 nitrogen and oxygen atoms in total. The lowest BCUT2D eigenvalue weighted by molar-refractivity contribution is 0.00595. The molecule has 0 amide bonds. The van der Waals surface area contributed by atoms with Crippen LogP contribution in [-0.4, -0.2) is 22.4 Å². The second-order valence-electron chi connectivity index (χ2n) is 3.68. The molecule has 62 valence electrons. The molecule has 0 unspecified atom stereocenters. The molecule has 0 spiro atoms. The molecular weight excluding hydrogens is 140 g/mol. The predicted molar refractivity (Wildman–Crippen MR) is 42.3 cm³/mol. The van der Waals surface area contributed by atoms with Gasteiger partial charge in [-0.15, -0.1) is 0 Å². The Balaban J connectivity index is 2.25. The van der Waals surface area contributed by atoms with Crippen molar-refractivity contribution in [1.82, 2.24) is 0 Å². The molecular formula is C9H14O2. The zero-order chi connectivity index (χ0) is 8.11. The monoisotopic (exact) mass is 154 g/mol. The van der Waals surface area contributed by atoms with Gasteiger partial charge >= 0.3 is 0 Å². The van der Waals surface area contributed by atoms with Crippen LogP contribution in [0.25, 0.3) is 0 Å². The zero-order valence-corrected chi connectivity index (χ0v) is 7.00. The lowest BCUT2D eigenvalue weighted by atomic mass is 9.91. The molecule has 2 fully saturated rings. The van der Waals surface area contributed by atoms with Crippen LogP contribution in [0.4, 0.5) is 0 Å². The molecule has 1 aliphatic heterocycles. The van der Waals surface area contributed by atoms with Gasteiger partial charge in [0.2, 0.25) is 0 Å². The maximum absolute atomic E-state index is 10.0. The van der Waals surface area contributed by atoms with Gasteiger partial charge in [-0.2, -0.15) is 0 Å². The van der Waals surface area contributed by atoms with E-state index in [1.807, 2.05) is 26.0 Å². The summed E-state index contributed by atoms with van der Waals surface area (Å²) < 4.78 is 5.41. The van der Waals surface area contributed by atoms with Crippen molar-refractivity contribution < 1.29 is 9.84 Å². The first-order valence-corrected chi connectivity index (χ1v) is 4.16. The Labute approximate surface area is 66.9 Å². The third-order valence-electron chi connectivity index (χ3n) is 3.03. The van der Waals surface area contributed by atoms with Gasteiger partial charge in [0.05, 0.1) is 6.10 Å². The predicted octanol–water partition coefficient (Wildman–Crippen LogP) is 1.24. The fourth-order valence-electron chi connectivity index (χ4n) is 2.10. The molecule has 0 bridgehead atoms. The molecule has 2 aliphatic rings. The van der Waals surface area contributed by atoms with Crippen molar-refractivity contribution in [3.8, 4) is 0 Å². The second-order valence-corrected chi connectivity index (χ2v) is 3.68. The Hall–Kier alpha value is -0.340. The average Bonchev–Trinajstić information content (AvgIpc) is 2.54. The average molecular weight is 154 g/mol. The highest BCUT2D eigenvalue weighted by atomic mass is 16.6. The number of hydrogen-bond acceptors (Lipinski definition) is 2. The number of hydrogen-bond donors (Lipinski definition) is 1. The Bertz CT molecular complexity index is 210. The third-order valence-corrected chi connectivity index (χ3v) is 3.03. The largest absolute Gasteiger partial charge is 0.383 e. The van der Waals surface area contributed by atoms with E-state index in [0.717, 1.165) is 12.8 Å². The summed E-state index contributed by atoms with van der Waals surface area (Å²) in [5.74, 6) is 0. The summed E-state index contributed by atoms with van der Waals surface area (Å²) in [6.07, 6.45) is 5.91. The molecule has 3 atom stereocenters. The summed E-state index contributed by atoms with van der Waals surface area (Å²) in [6.45, 7) is 3.92. The van der Waals surface area contributed by atoms with E-state index in [-0.39, 0.29) is 5.60 Å². The molecule has 2 rings (SSSR count). The topological polar surface area (TPSA) is 32.8 Å². The van der Waals surface area contributed by atoms with Crippen LogP contribution in [0.15, 0.2) is 12.2 Å². The highest BCUT2D eigenvalue weighted by Crippen LogP contribution is 2.56. The minimum Gasteiger partial charge on any atom is -0.383 e. The number of ether oxygens (including phenoxy) is 1. The molecule has 0 aromatic rings. The first-order chi connectivity index (χ1) is 5.12. The fraction of sp³-hybridized carbons (Fsp3) is 0.778. The van der Waals surface area contributed by atoms with Crippen LogP contribution in [0, 0.1) is 0 Å². The first kappa shape index (κ1) is 7.32. The molecule has 1 heterocycles. The Morgan fingerprint density at radius 2 is 2.36 bits per heavy atom. The number of aliphatic hydroxyl groups is 1. The van der Waals surface area contributed by atoms with E-state index in [0.29, 0.717) is 6.10 Å². The van der Waals surface area contributed by atoms with Gasteiger partial charge in [-0.1, -0.05) is 12.2 Å². The van der Waals surface area contributed by atoms with E-state index in [1.165, 1.54) is 0 Å². The van der Waals surface area contributed by atoms with Crippen molar-refractivity contribution in [3.05, 3.63) is 12.2 Å². The van der Waals surface area contributed by atoms with Gasteiger partial charge in [0, 0.05) is 0 Å².